The Balaban J connectivity index is 2.30. The topological polar surface area (TPSA) is 15.3 Å². The van der Waals surface area contributed by atoms with E-state index in [0.29, 0.717) is 5.69 Å². The highest BCUT2D eigenvalue weighted by molar-refractivity contribution is 5.63. The minimum atomic E-state index is -0.305. The number of nitrogens with one attached hydrogen (secondary N) is 1. The number of anilines is 2. The van der Waals surface area contributed by atoms with Gasteiger partial charge in [0.25, 0.3) is 0 Å². The first-order valence-electron chi connectivity index (χ1n) is 6.49. The monoisotopic (exact) mass is 276 g/mol. The van der Waals surface area contributed by atoms with Gasteiger partial charge in [-0.25, -0.2) is 8.78 Å². The molecule has 0 spiro atoms. The average Bonchev–Trinajstić information content (AvgIpc) is 2.46. The van der Waals surface area contributed by atoms with Crippen molar-refractivity contribution < 1.29 is 8.78 Å². The van der Waals surface area contributed by atoms with Crippen molar-refractivity contribution in [1.29, 1.82) is 0 Å². The van der Waals surface area contributed by atoms with E-state index >= 15 is 0 Å². The third kappa shape index (κ3) is 2.96. The molecule has 2 rings (SSSR count). The van der Waals surface area contributed by atoms with Crippen LogP contribution in [-0.4, -0.2) is 14.1 Å². The molecule has 4 heteroatoms. The normalized spacial score (nSPS) is 12.2. The molecule has 0 radical (unpaired) electrons. The zero-order valence-electron chi connectivity index (χ0n) is 11.8. The Morgan fingerprint density at radius 2 is 1.70 bits per heavy atom. The number of benzene rings is 2. The quantitative estimate of drug-likeness (QED) is 0.907. The molecule has 2 aromatic rings. The summed E-state index contributed by atoms with van der Waals surface area (Å²) in [6.45, 7) is 1.97. The van der Waals surface area contributed by atoms with Crippen molar-refractivity contribution in [3.8, 4) is 0 Å². The van der Waals surface area contributed by atoms with Gasteiger partial charge in [-0.1, -0.05) is 6.07 Å². The fourth-order valence-corrected chi connectivity index (χ4v) is 2.03. The summed E-state index contributed by atoms with van der Waals surface area (Å²) in [7, 11) is 3.59. The van der Waals surface area contributed by atoms with Crippen molar-refractivity contribution in [2.45, 2.75) is 13.0 Å². The molecule has 20 heavy (non-hydrogen) atoms. The summed E-state index contributed by atoms with van der Waals surface area (Å²) in [5.41, 5.74) is 2.09. The van der Waals surface area contributed by atoms with Crippen molar-refractivity contribution in [3.05, 3.63) is 59.7 Å². The van der Waals surface area contributed by atoms with Gasteiger partial charge in [0, 0.05) is 18.8 Å². The summed E-state index contributed by atoms with van der Waals surface area (Å²) in [6.07, 6.45) is 0. The molecule has 2 aromatic carbocycles. The summed E-state index contributed by atoms with van der Waals surface area (Å²) in [4.78, 5) is 1.70. The van der Waals surface area contributed by atoms with Crippen molar-refractivity contribution in [1.82, 2.24) is 5.32 Å². The molecule has 0 aliphatic carbocycles. The molecule has 0 fully saturated rings. The maximum atomic E-state index is 14.2. The number of hydrogen-bond acceptors (Lipinski definition) is 2. The van der Waals surface area contributed by atoms with Crippen LogP contribution in [0.1, 0.15) is 18.5 Å². The molecule has 2 nitrogen and oxygen atoms in total. The second kappa shape index (κ2) is 6.01. The van der Waals surface area contributed by atoms with Crippen LogP contribution in [0.3, 0.4) is 0 Å². The first kappa shape index (κ1) is 14.5. The van der Waals surface area contributed by atoms with Crippen LogP contribution in [-0.2, 0) is 0 Å². The molecule has 0 saturated heterocycles. The highest BCUT2D eigenvalue weighted by Gasteiger charge is 2.12. The van der Waals surface area contributed by atoms with Crippen LogP contribution >= 0.6 is 0 Å². The Morgan fingerprint density at radius 1 is 1.05 bits per heavy atom. The summed E-state index contributed by atoms with van der Waals surface area (Å²) in [5, 5.41) is 3.07. The number of hydrogen-bond donors (Lipinski definition) is 1. The van der Waals surface area contributed by atoms with E-state index in [0.717, 1.165) is 11.3 Å². The largest absolute Gasteiger partial charge is 0.342 e. The van der Waals surface area contributed by atoms with Gasteiger partial charge < -0.3 is 10.2 Å². The van der Waals surface area contributed by atoms with Crippen LogP contribution in [0.2, 0.25) is 0 Å². The molecule has 1 unspecified atom stereocenters. The van der Waals surface area contributed by atoms with E-state index in [-0.39, 0.29) is 17.7 Å². The zero-order valence-corrected chi connectivity index (χ0v) is 11.8. The maximum absolute atomic E-state index is 14.2. The van der Waals surface area contributed by atoms with Gasteiger partial charge in [0.2, 0.25) is 0 Å². The lowest BCUT2D eigenvalue weighted by molar-refractivity contribution is 0.608. The van der Waals surface area contributed by atoms with E-state index in [4.69, 9.17) is 0 Å². The van der Waals surface area contributed by atoms with Crippen LogP contribution in [0, 0.1) is 11.6 Å². The van der Waals surface area contributed by atoms with Crippen LogP contribution in [0.4, 0.5) is 20.2 Å². The van der Waals surface area contributed by atoms with Gasteiger partial charge in [-0.3, -0.25) is 0 Å². The van der Waals surface area contributed by atoms with Gasteiger partial charge in [0.15, 0.2) is 0 Å². The standard InChI is InChI=1S/C16H18F2N2/c1-11(19-2)12-4-9-16(15(18)10-12)20(3)14-7-5-13(17)6-8-14/h4-11,19H,1-3H3. The molecule has 0 heterocycles. The molecule has 0 amide bonds. The summed E-state index contributed by atoms with van der Waals surface area (Å²) < 4.78 is 27.1. The first-order valence-corrected chi connectivity index (χ1v) is 6.49. The van der Waals surface area contributed by atoms with Gasteiger partial charge in [0.05, 0.1) is 5.69 Å². The molecule has 1 atom stereocenters. The van der Waals surface area contributed by atoms with Crippen molar-refractivity contribution in [2.75, 3.05) is 19.0 Å². The molecular formula is C16H18F2N2. The van der Waals surface area contributed by atoms with Crippen LogP contribution < -0.4 is 10.2 Å². The molecule has 106 valence electrons. The third-order valence-corrected chi connectivity index (χ3v) is 3.48. The zero-order chi connectivity index (χ0) is 14.7. The molecule has 0 aromatic heterocycles. The molecule has 0 saturated carbocycles. The highest BCUT2D eigenvalue weighted by Crippen LogP contribution is 2.28. The Kier molecular flexibility index (Phi) is 4.35. The minimum Gasteiger partial charge on any atom is -0.342 e. The van der Waals surface area contributed by atoms with Gasteiger partial charge in [-0.05, 0) is 55.9 Å². The Hall–Kier alpha value is -1.94. The van der Waals surface area contributed by atoms with Crippen LogP contribution in [0.25, 0.3) is 0 Å². The fourth-order valence-electron chi connectivity index (χ4n) is 2.03. The first-order chi connectivity index (χ1) is 9.52. The van der Waals surface area contributed by atoms with Gasteiger partial charge in [-0.2, -0.15) is 0 Å². The van der Waals surface area contributed by atoms with Gasteiger partial charge >= 0.3 is 0 Å². The Bertz CT molecular complexity index is 582. The Morgan fingerprint density at radius 3 is 2.25 bits per heavy atom. The second-order valence-corrected chi connectivity index (χ2v) is 4.76. The van der Waals surface area contributed by atoms with E-state index < -0.39 is 0 Å². The van der Waals surface area contributed by atoms with E-state index in [2.05, 4.69) is 5.32 Å². The molecule has 0 aliphatic rings. The smallest absolute Gasteiger partial charge is 0.147 e. The third-order valence-electron chi connectivity index (χ3n) is 3.48. The van der Waals surface area contributed by atoms with Gasteiger partial charge in [-0.15, -0.1) is 0 Å². The summed E-state index contributed by atoms with van der Waals surface area (Å²) in [6, 6.07) is 11.2. The molecule has 0 aliphatic heterocycles. The maximum Gasteiger partial charge on any atom is 0.147 e. The number of nitrogens with zero attached hydrogens (tertiary/aromatic N) is 1. The van der Waals surface area contributed by atoms with Crippen molar-refractivity contribution in [2.24, 2.45) is 0 Å². The fraction of sp³-hybridized carbons (Fsp3) is 0.250. The summed E-state index contributed by atoms with van der Waals surface area (Å²) in [5.74, 6) is -0.600. The lowest BCUT2D eigenvalue weighted by Crippen LogP contribution is -2.14. The Labute approximate surface area is 118 Å². The van der Waals surface area contributed by atoms with Gasteiger partial charge in [0.1, 0.15) is 11.6 Å². The van der Waals surface area contributed by atoms with E-state index in [9.17, 15) is 8.78 Å². The predicted octanol–water partition coefficient (Wildman–Crippen LogP) is 4.01. The van der Waals surface area contributed by atoms with E-state index in [1.165, 1.54) is 18.2 Å². The predicted molar refractivity (Wildman–Crippen MR) is 78.3 cm³/mol. The number of rotatable bonds is 4. The SMILES string of the molecule is CNC(C)c1ccc(N(C)c2ccc(F)cc2)c(F)c1. The molecule has 1 N–H and O–H groups in total. The highest BCUT2D eigenvalue weighted by atomic mass is 19.1. The minimum absolute atomic E-state index is 0.0923. The lowest BCUT2D eigenvalue weighted by Gasteiger charge is -2.21. The average molecular weight is 276 g/mol. The lowest BCUT2D eigenvalue weighted by atomic mass is 10.1. The van der Waals surface area contributed by atoms with E-state index in [1.807, 2.05) is 20.0 Å². The molecule has 0 bridgehead atoms. The number of halogens is 2. The van der Waals surface area contributed by atoms with E-state index in [1.54, 1.807) is 30.1 Å². The summed E-state index contributed by atoms with van der Waals surface area (Å²) >= 11 is 0. The van der Waals surface area contributed by atoms with Crippen molar-refractivity contribution >= 4 is 11.4 Å². The van der Waals surface area contributed by atoms with Crippen LogP contribution in [0.15, 0.2) is 42.5 Å². The van der Waals surface area contributed by atoms with Crippen LogP contribution in [0.5, 0.6) is 0 Å². The second-order valence-electron chi connectivity index (χ2n) is 4.76. The van der Waals surface area contributed by atoms with Crippen molar-refractivity contribution in [3.63, 3.8) is 0 Å². The molecular weight excluding hydrogens is 258 g/mol.